The van der Waals surface area contributed by atoms with Crippen molar-refractivity contribution >= 4 is 17.4 Å². The molecule has 1 N–H and O–H groups in total. The van der Waals surface area contributed by atoms with E-state index in [4.69, 9.17) is 4.74 Å². The SMILES string of the molecule is CCOc1ccc(NC(=O)C2CC3CCCC(C2)C3=O)cc1. The highest BCUT2D eigenvalue weighted by molar-refractivity contribution is 5.95. The minimum absolute atomic E-state index is 0.0282. The number of anilines is 1. The summed E-state index contributed by atoms with van der Waals surface area (Å²) in [5.74, 6) is 1.45. The van der Waals surface area contributed by atoms with Crippen LogP contribution in [0, 0.1) is 17.8 Å². The van der Waals surface area contributed by atoms with Gasteiger partial charge in [-0.05, 0) is 56.9 Å². The number of carbonyl (C=O) groups is 2. The average molecular weight is 301 g/mol. The van der Waals surface area contributed by atoms with E-state index in [1.807, 2.05) is 31.2 Å². The number of benzene rings is 1. The third-order valence-electron chi connectivity index (χ3n) is 4.85. The van der Waals surface area contributed by atoms with Crippen molar-refractivity contribution in [3.63, 3.8) is 0 Å². The van der Waals surface area contributed by atoms with Crippen molar-refractivity contribution in [3.05, 3.63) is 24.3 Å². The number of rotatable bonds is 4. The number of carbonyl (C=O) groups excluding carboxylic acids is 2. The molecule has 1 aromatic rings. The first-order valence-corrected chi connectivity index (χ1v) is 8.25. The molecule has 1 aromatic carbocycles. The maximum absolute atomic E-state index is 12.5. The molecule has 2 fully saturated rings. The van der Waals surface area contributed by atoms with E-state index in [-0.39, 0.29) is 23.7 Å². The van der Waals surface area contributed by atoms with Gasteiger partial charge in [0.2, 0.25) is 5.91 Å². The monoisotopic (exact) mass is 301 g/mol. The molecule has 0 saturated heterocycles. The van der Waals surface area contributed by atoms with E-state index < -0.39 is 0 Å². The number of ketones is 1. The first kappa shape index (κ1) is 15.1. The van der Waals surface area contributed by atoms with Gasteiger partial charge in [0.1, 0.15) is 11.5 Å². The van der Waals surface area contributed by atoms with Crippen molar-refractivity contribution in [2.75, 3.05) is 11.9 Å². The Morgan fingerprint density at radius 3 is 2.41 bits per heavy atom. The van der Waals surface area contributed by atoms with Gasteiger partial charge in [0, 0.05) is 23.4 Å². The van der Waals surface area contributed by atoms with Gasteiger partial charge in [-0.1, -0.05) is 6.42 Å². The predicted molar refractivity (Wildman–Crippen MR) is 84.8 cm³/mol. The highest BCUT2D eigenvalue weighted by Crippen LogP contribution is 2.40. The standard InChI is InChI=1S/C18H23NO3/c1-2-22-16-8-6-15(7-9-16)19-18(21)14-10-12-4-3-5-13(11-14)17(12)20/h6-9,12-14H,2-5,10-11H2,1H3,(H,19,21). The predicted octanol–water partition coefficient (Wildman–Crippen LogP) is 3.42. The summed E-state index contributed by atoms with van der Waals surface area (Å²) >= 11 is 0. The second-order valence-electron chi connectivity index (χ2n) is 6.34. The molecule has 1 amide bonds. The number of nitrogens with one attached hydrogen (secondary N) is 1. The first-order valence-electron chi connectivity index (χ1n) is 8.25. The molecular weight excluding hydrogens is 278 g/mol. The Balaban J connectivity index is 1.61. The van der Waals surface area contributed by atoms with Crippen molar-refractivity contribution in [2.24, 2.45) is 17.8 Å². The van der Waals surface area contributed by atoms with Crippen LogP contribution in [0.15, 0.2) is 24.3 Å². The van der Waals surface area contributed by atoms with Crippen LogP contribution >= 0.6 is 0 Å². The van der Waals surface area contributed by atoms with Crippen molar-refractivity contribution in [1.29, 1.82) is 0 Å². The summed E-state index contributed by atoms with van der Waals surface area (Å²) in [5.41, 5.74) is 0.788. The maximum atomic E-state index is 12.5. The first-order chi connectivity index (χ1) is 10.7. The van der Waals surface area contributed by atoms with E-state index in [0.29, 0.717) is 12.4 Å². The molecule has 0 spiro atoms. The zero-order valence-corrected chi connectivity index (χ0v) is 13.0. The van der Waals surface area contributed by atoms with Crippen LogP contribution in [0.25, 0.3) is 0 Å². The Morgan fingerprint density at radius 1 is 1.18 bits per heavy atom. The molecule has 2 aliphatic rings. The zero-order chi connectivity index (χ0) is 15.5. The summed E-state index contributed by atoms with van der Waals surface area (Å²) in [5, 5.41) is 2.98. The van der Waals surface area contributed by atoms with E-state index >= 15 is 0 Å². The molecule has 0 aromatic heterocycles. The Morgan fingerprint density at radius 2 is 1.82 bits per heavy atom. The van der Waals surface area contributed by atoms with E-state index in [2.05, 4.69) is 5.32 Å². The molecule has 2 bridgehead atoms. The van der Waals surface area contributed by atoms with Crippen LogP contribution in [0.4, 0.5) is 5.69 Å². The minimum Gasteiger partial charge on any atom is -0.494 e. The van der Waals surface area contributed by atoms with Crippen molar-refractivity contribution in [2.45, 2.75) is 39.0 Å². The van der Waals surface area contributed by atoms with Gasteiger partial charge in [-0.25, -0.2) is 0 Å². The number of hydrogen-bond acceptors (Lipinski definition) is 3. The van der Waals surface area contributed by atoms with Crippen LogP contribution < -0.4 is 10.1 Å². The summed E-state index contributed by atoms with van der Waals surface area (Å²) in [7, 11) is 0. The lowest BCUT2D eigenvalue weighted by molar-refractivity contribution is -0.136. The molecule has 2 aliphatic carbocycles. The van der Waals surface area contributed by atoms with Crippen LogP contribution in [0.5, 0.6) is 5.75 Å². The fourth-order valence-corrected chi connectivity index (χ4v) is 3.74. The van der Waals surface area contributed by atoms with E-state index in [1.165, 1.54) is 0 Å². The number of fused-ring (bicyclic) bond motifs is 2. The summed E-state index contributed by atoms with van der Waals surface area (Å²) in [6.45, 7) is 2.57. The summed E-state index contributed by atoms with van der Waals surface area (Å²) in [6.07, 6.45) is 4.50. The Labute approximate surface area is 131 Å². The Bertz CT molecular complexity index is 536. The number of ether oxygens (including phenoxy) is 1. The number of amides is 1. The normalized spacial score (nSPS) is 27.3. The fourth-order valence-electron chi connectivity index (χ4n) is 3.74. The van der Waals surface area contributed by atoms with Crippen LogP contribution in [0.3, 0.4) is 0 Å². The van der Waals surface area contributed by atoms with Gasteiger partial charge in [0.05, 0.1) is 6.61 Å². The minimum atomic E-state index is -0.0282. The van der Waals surface area contributed by atoms with Crippen LogP contribution in [0.2, 0.25) is 0 Å². The average Bonchev–Trinajstić information content (AvgIpc) is 2.49. The van der Waals surface area contributed by atoms with E-state index in [9.17, 15) is 9.59 Å². The smallest absolute Gasteiger partial charge is 0.227 e. The molecule has 4 heteroatoms. The summed E-state index contributed by atoms with van der Waals surface area (Å²) in [4.78, 5) is 24.5. The lowest BCUT2D eigenvalue weighted by atomic mass is 9.67. The van der Waals surface area contributed by atoms with Crippen molar-refractivity contribution in [1.82, 2.24) is 0 Å². The van der Waals surface area contributed by atoms with Gasteiger partial charge in [0.25, 0.3) is 0 Å². The molecule has 22 heavy (non-hydrogen) atoms. The fraction of sp³-hybridized carbons (Fsp3) is 0.556. The molecular formula is C18H23NO3. The third-order valence-corrected chi connectivity index (χ3v) is 4.85. The van der Waals surface area contributed by atoms with Gasteiger partial charge < -0.3 is 10.1 Å². The summed E-state index contributed by atoms with van der Waals surface area (Å²) < 4.78 is 5.39. The van der Waals surface area contributed by atoms with Gasteiger partial charge in [0.15, 0.2) is 0 Å². The molecule has 0 aliphatic heterocycles. The van der Waals surface area contributed by atoms with Crippen molar-refractivity contribution < 1.29 is 14.3 Å². The third kappa shape index (κ3) is 3.16. The van der Waals surface area contributed by atoms with Crippen LogP contribution in [-0.4, -0.2) is 18.3 Å². The topological polar surface area (TPSA) is 55.4 Å². The maximum Gasteiger partial charge on any atom is 0.227 e. The highest BCUT2D eigenvalue weighted by atomic mass is 16.5. The quantitative estimate of drug-likeness (QED) is 0.927. The number of hydrogen-bond donors (Lipinski definition) is 1. The number of Topliss-reactive ketones (excluding diaryl/α,β-unsaturated/α-hetero) is 1. The van der Waals surface area contributed by atoms with Gasteiger partial charge >= 0.3 is 0 Å². The van der Waals surface area contributed by atoms with Crippen molar-refractivity contribution in [3.8, 4) is 5.75 Å². The molecule has 2 atom stereocenters. The Hall–Kier alpha value is -1.84. The molecule has 2 unspecified atom stereocenters. The Kier molecular flexibility index (Phi) is 4.46. The van der Waals surface area contributed by atoms with Crippen LogP contribution in [-0.2, 0) is 9.59 Å². The molecule has 0 heterocycles. The molecule has 2 saturated carbocycles. The van der Waals surface area contributed by atoms with Gasteiger partial charge in [-0.3, -0.25) is 9.59 Å². The van der Waals surface area contributed by atoms with Gasteiger partial charge in [-0.2, -0.15) is 0 Å². The van der Waals surface area contributed by atoms with Crippen LogP contribution in [0.1, 0.15) is 39.0 Å². The second-order valence-corrected chi connectivity index (χ2v) is 6.34. The molecule has 3 rings (SSSR count). The van der Waals surface area contributed by atoms with E-state index in [0.717, 1.165) is 43.5 Å². The van der Waals surface area contributed by atoms with Gasteiger partial charge in [-0.15, -0.1) is 0 Å². The largest absolute Gasteiger partial charge is 0.494 e. The van der Waals surface area contributed by atoms with E-state index in [1.54, 1.807) is 0 Å². The lowest BCUT2D eigenvalue weighted by Gasteiger charge is -2.36. The molecule has 118 valence electrons. The zero-order valence-electron chi connectivity index (χ0n) is 13.0. The lowest BCUT2D eigenvalue weighted by Crippen LogP contribution is -2.40. The summed E-state index contributed by atoms with van der Waals surface area (Å²) in [6, 6.07) is 7.44. The molecule has 4 nitrogen and oxygen atoms in total. The molecule has 0 radical (unpaired) electrons. The second kappa shape index (κ2) is 6.51. The highest BCUT2D eigenvalue weighted by Gasteiger charge is 2.41.